The third-order valence-corrected chi connectivity index (χ3v) is 2.56. The molecule has 0 radical (unpaired) electrons. The summed E-state index contributed by atoms with van der Waals surface area (Å²) in [6, 6.07) is 0. The van der Waals surface area contributed by atoms with Gasteiger partial charge in [0.2, 0.25) is 0 Å². The average Bonchev–Trinajstić information content (AvgIpc) is 2.75. The third-order valence-electron chi connectivity index (χ3n) is 2.56. The Morgan fingerprint density at radius 2 is 1.92 bits per heavy atom. The van der Waals surface area contributed by atoms with Crippen molar-refractivity contribution in [2.75, 3.05) is 13.2 Å². The predicted molar refractivity (Wildman–Crippen MR) is 43.8 cm³/mol. The van der Waals surface area contributed by atoms with Crippen molar-refractivity contribution < 1.29 is 14.2 Å². The van der Waals surface area contributed by atoms with Gasteiger partial charge in [0.25, 0.3) is 0 Å². The molecule has 0 aromatic carbocycles. The van der Waals surface area contributed by atoms with Gasteiger partial charge >= 0.3 is 0 Å². The summed E-state index contributed by atoms with van der Waals surface area (Å²) in [5.74, 6) is 0.0696. The van der Waals surface area contributed by atoms with E-state index in [1.54, 1.807) is 0 Å². The summed E-state index contributed by atoms with van der Waals surface area (Å²) in [7, 11) is 0. The quantitative estimate of drug-likeness (QED) is 0.586. The summed E-state index contributed by atoms with van der Waals surface area (Å²) < 4.78 is 16.4. The summed E-state index contributed by atoms with van der Waals surface area (Å²) >= 11 is 0. The van der Waals surface area contributed by atoms with Crippen molar-refractivity contribution in [1.82, 2.24) is 0 Å². The molecule has 2 fully saturated rings. The number of ether oxygens (including phenoxy) is 3. The first-order valence-corrected chi connectivity index (χ1v) is 4.52. The van der Waals surface area contributed by atoms with Crippen molar-refractivity contribution in [2.24, 2.45) is 5.92 Å². The second-order valence-electron chi connectivity index (χ2n) is 4.10. The lowest BCUT2D eigenvalue weighted by Gasteiger charge is -2.19. The Balaban J connectivity index is 1.89. The van der Waals surface area contributed by atoms with Gasteiger partial charge < -0.3 is 14.2 Å². The zero-order valence-electron chi connectivity index (χ0n) is 7.87. The minimum absolute atomic E-state index is 0.215. The van der Waals surface area contributed by atoms with Crippen LogP contribution in [0.2, 0.25) is 0 Å². The highest BCUT2D eigenvalue weighted by atomic mass is 16.7. The number of hydrogen-bond donors (Lipinski definition) is 0. The molecule has 70 valence electrons. The Morgan fingerprint density at radius 3 is 2.33 bits per heavy atom. The van der Waals surface area contributed by atoms with Gasteiger partial charge in [0.05, 0.1) is 25.4 Å². The van der Waals surface area contributed by atoms with Gasteiger partial charge in [0.15, 0.2) is 5.79 Å². The minimum Gasteiger partial charge on any atom is -0.373 e. The molecule has 2 aliphatic heterocycles. The molecule has 0 aromatic rings. The van der Waals surface area contributed by atoms with Gasteiger partial charge in [-0.1, -0.05) is 6.92 Å². The van der Waals surface area contributed by atoms with Crippen molar-refractivity contribution in [3.63, 3.8) is 0 Å². The van der Waals surface area contributed by atoms with Crippen LogP contribution in [0.4, 0.5) is 0 Å². The lowest BCUT2D eigenvalue weighted by atomic mass is 10.0. The molecule has 0 N–H and O–H groups in total. The topological polar surface area (TPSA) is 31.0 Å². The van der Waals surface area contributed by atoms with Crippen LogP contribution in [0.25, 0.3) is 0 Å². The van der Waals surface area contributed by atoms with E-state index in [1.165, 1.54) is 0 Å². The van der Waals surface area contributed by atoms with Gasteiger partial charge in [-0.2, -0.15) is 0 Å². The van der Waals surface area contributed by atoms with Gasteiger partial charge in [0.1, 0.15) is 0 Å². The number of rotatable bonds is 2. The van der Waals surface area contributed by atoms with E-state index < -0.39 is 5.79 Å². The first-order valence-electron chi connectivity index (χ1n) is 4.52. The minimum atomic E-state index is -0.395. The summed E-state index contributed by atoms with van der Waals surface area (Å²) in [5.41, 5.74) is 0. The van der Waals surface area contributed by atoms with Crippen LogP contribution in [0, 0.1) is 5.92 Å². The molecule has 0 aromatic heterocycles. The highest BCUT2D eigenvalue weighted by Gasteiger charge is 2.42. The van der Waals surface area contributed by atoms with Crippen molar-refractivity contribution in [3.05, 3.63) is 0 Å². The molecule has 0 spiro atoms. The molecular formula is C9H16O3. The Morgan fingerprint density at radius 1 is 1.25 bits per heavy atom. The van der Waals surface area contributed by atoms with Crippen molar-refractivity contribution >= 4 is 0 Å². The van der Waals surface area contributed by atoms with E-state index in [4.69, 9.17) is 14.2 Å². The maximum atomic E-state index is 5.71. The van der Waals surface area contributed by atoms with Crippen LogP contribution in [0.1, 0.15) is 20.8 Å². The molecule has 2 rings (SSSR count). The molecular weight excluding hydrogens is 156 g/mol. The van der Waals surface area contributed by atoms with Gasteiger partial charge in [-0.15, -0.1) is 0 Å². The first kappa shape index (κ1) is 8.48. The normalized spacial score (nSPS) is 41.2. The van der Waals surface area contributed by atoms with Crippen molar-refractivity contribution in [3.8, 4) is 0 Å². The van der Waals surface area contributed by atoms with Crippen LogP contribution in [-0.4, -0.2) is 31.2 Å². The van der Waals surface area contributed by atoms with Crippen molar-refractivity contribution in [1.29, 1.82) is 0 Å². The highest BCUT2D eigenvalue weighted by molar-refractivity contribution is 4.85. The van der Waals surface area contributed by atoms with Crippen LogP contribution in [0.3, 0.4) is 0 Å². The van der Waals surface area contributed by atoms with Gasteiger partial charge in [-0.3, -0.25) is 0 Å². The molecule has 3 nitrogen and oxygen atoms in total. The third kappa shape index (κ3) is 1.63. The maximum absolute atomic E-state index is 5.71. The molecule has 0 bridgehead atoms. The Labute approximate surface area is 73.0 Å². The van der Waals surface area contributed by atoms with E-state index in [0.29, 0.717) is 18.6 Å². The van der Waals surface area contributed by atoms with Gasteiger partial charge in [-0.05, 0) is 13.8 Å². The van der Waals surface area contributed by atoms with Gasteiger partial charge in [-0.25, -0.2) is 0 Å². The monoisotopic (exact) mass is 172 g/mol. The van der Waals surface area contributed by atoms with Crippen LogP contribution >= 0.6 is 0 Å². The van der Waals surface area contributed by atoms with Gasteiger partial charge in [0, 0.05) is 5.92 Å². The molecule has 0 saturated carbocycles. The first-order chi connectivity index (χ1) is 5.58. The van der Waals surface area contributed by atoms with Crippen LogP contribution in [-0.2, 0) is 14.2 Å². The smallest absolute Gasteiger partial charge is 0.163 e. The second kappa shape index (κ2) is 2.69. The number of hydrogen-bond acceptors (Lipinski definition) is 3. The largest absolute Gasteiger partial charge is 0.373 e. The average molecular weight is 172 g/mol. The van der Waals surface area contributed by atoms with Crippen LogP contribution in [0.15, 0.2) is 0 Å². The fraction of sp³-hybridized carbons (Fsp3) is 1.00. The molecule has 3 atom stereocenters. The molecule has 0 amide bonds. The number of epoxide rings is 1. The molecule has 0 unspecified atom stereocenters. The molecule has 2 saturated heterocycles. The Hall–Kier alpha value is -0.120. The van der Waals surface area contributed by atoms with E-state index in [9.17, 15) is 0 Å². The highest BCUT2D eigenvalue weighted by Crippen LogP contribution is 2.32. The Bertz CT molecular complexity index is 175. The lowest BCUT2D eigenvalue weighted by molar-refractivity contribution is -0.144. The Kier molecular flexibility index (Phi) is 1.90. The molecule has 0 aliphatic carbocycles. The molecule has 12 heavy (non-hydrogen) atoms. The predicted octanol–water partition coefficient (Wildman–Crippen LogP) is 1.17. The molecule has 3 heteroatoms. The van der Waals surface area contributed by atoms with Crippen LogP contribution in [0.5, 0.6) is 0 Å². The maximum Gasteiger partial charge on any atom is 0.163 e. The fourth-order valence-electron chi connectivity index (χ4n) is 1.57. The van der Waals surface area contributed by atoms with E-state index in [-0.39, 0.29) is 6.10 Å². The second-order valence-corrected chi connectivity index (χ2v) is 4.10. The SMILES string of the molecule is C[C@@H]([C@@H]1COC(C)(C)O1)[C@H]1CO1. The van der Waals surface area contributed by atoms with Crippen molar-refractivity contribution in [2.45, 2.75) is 38.8 Å². The lowest BCUT2D eigenvalue weighted by Crippen LogP contribution is -2.27. The van der Waals surface area contributed by atoms with E-state index in [2.05, 4.69) is 6.92 Å². The summed E-state index contributed by atoms with van der Waals surface area (Å²) in [6.45, 7) is 7.66. The zero-order chi connectivity index (χ0) is 8.77. The molecule has 2 heterocycles. The van der Waals surface area contributed by atoms with E-state index in [1.807, 2.05) is 13.8 Å². The zero-order valence-corrected chi connectivity index (χ0v) is 7.87. The standard InChI is InChI=1S/C9H16O3/c1-6(7-4-10-7)8-5-11-9(2,3)12-8/h6-8H,4-5H2,1-3H3/t6-,7-,8+/m1/s1. The van der Waals surface area contributed by atoms with E-state index >= 15 is 0 Å². The fourth-order valence-corrected chi connectivity index (χ4v) is 1.57. The summed E-state index contributed by atoms with van der Waals surface area (Å²) in [6.07, 6.45) is 0.625. The summed E-state index contributed by atoms with van der Waals surface area (Å²) in [5, 5.41) is 0. The van der Waals surface area contributed by atoms with E-state index in [0.717, 1.165) is 6.61 Å². The summed E-state index contributed by atoms with van der Waals surface area (Å²) in [4.78, 5) is 0. The van der Waals surface area contributed by atoms with Crippen LogP contribution < -0.4 is 0 Å². The molecule has 2 aliphatic rings.